The molecule has 78 valence electrons. The first kappa shape index (κ1) is 10.0. The highest BCUT2D eigenvalue weighted by Crippen LogP contribution is 2.20. The molecule has 0 N–H and O–H groups in total. The van der Waals surface area contributed by atoms with Crippen LogP contribution in [-0.2, 0) is 6.42 Å². The smallest absolute Gasteiger partial charge is 0.179 e. The molecule has 1 fully saturated rings. The highest BCUT2D eigenvalue weighted by atomic mass is 15.1. The second-order valence-corrected chi connectivity index (χ2v) is 4.22. The van der Waals surface area contributed by atoms with Gasteiger partial charge in [-0.25, -0.2) is 0 Å². The van der Waals surface area contributed by atoms with Crippen molar-refractivity contribution < 1.29 is 0 Å². The van der Waals surface area contributed by atoms with E-state index < -0.39 is 0 Å². The molecule has 2 rings (SSSR count). The monoisotopic (exact) mass is 200 g/mol. The van der Waals surface area contributed by atoms with Crippen molar-refractivity contribution in [1.29, 1.82) is 5.26 Å². The molecular formula is C13H16N2. The van der Waals surface area contributed by atoms with Crippen LogP contribution in [0.25, 0.3) is 0 Å². The van der Waals surface area contributed by atoms with Crippen molar-refractivity contribution in [1.82, 2.24) is 4.90 Å². The third kappa shape index (κ3) is 2.73. The van der Waals surface area contributed by atoms with E-state index in [2.05, 4.69) is 36.5 Å². The molecule has 1 aromatic rings. The lowest BCUT2D eigenvalue weighted by Crippen LogP contribution is -2.30. The Kier molecular flexibility index (Phi) is 3.24. The minimum atomic E-state index is 0.761. The minimum absolute atomic E-state index is 0.761. The quantitative estimate of drug-likeness (QED) is 0.685. The summed E-state index contributed by atoms with van der Waals surface area (Å²) in [4.78, 5) is 1.86. The van der Waals surface area contributed by atoms with Crippen LogP contribution < -0.4 is 0 Å². The van der Waals surface area contributed by atoms with Crippen LogP contribution in [0.3, 0.4) is 0 Å². The molecule has 0 amide bonds. The van der Waals surface area contributed by atoms with Gasteiger partial charge >= 0.3 is 0 Å². The van der Waals surface area contributed by atoms with Gasteiger partial charge in [0, 0.05) is 13.1 Å². The summed E-state index contributed by atoms with van der Waals surface area (Å²) in [7, 11) is 0. The molecule has 15 heavy (non-hydrogen) atoms. The SMILES string of the molecule is N#CN1CCC(Cc2ccccc2)CC1. The molecule has 0 atom stereocenters. The number of likely N-dealkylation sites (tertiary alicyclic amines) is 1. The Morgan fingerprint density at radius 1 is 1.20 bits per heavy atom. The number of nitrogens with zero attached hydrogens (tertiary/aromatic N) is 2. The molecule has 1 heterocycles. The summed E-state index contributed by atoms with van der Waals surface area (Å²) in [6, 6.07) is 10.6. The summed E-state index contributed by atoms with van der Waals surface area (Å²) in [5.74, 6) is 0.761. The van der Waals surface area contributed by atoms with Crippen LogP contribution in [-0.4, -0.2) is 18.0 Å². The van der Waals surface area contributed by atoms with Gasteiger partial charge in [0.05, 0.1) is 0 Å². The Balaban J connectivity index is 1.85. The standard InChI is InChI=1S/C13H16N2/c14-11-15-8-6-13(7-9-15)10-12-4-2-1-3-5-12/h1-5,13H,6-10H2. The van der Waals surface area contributed by atoms with Crippen molar-refractivity contribution in [3.63, 3.8) is 0 Å². The molecule has 2 nitrogen and oxygen atoms in total. The maximum absolute atomic E-state index is 8.74. The maximum atomic E-state index is 8.74. The molecule has 0 bridgehead atoms. The molecule has 2 heteroatoms. The van der Waals surface area contributed by atoms with Gasteiger partial charge in [0.15, 0.2) is 6.19 Å². The van der Waals surface area contributed by atoms with Gasteiger partial charge in [-0.15, -0.1) is 0 Å². The van der Waals surface area contributed by atoms with Crippen LogP contribution in [0.1, 0.15) is 18.4 Å². The van der Waals surface area contributed by atoms with E-state index in [9.17, 15) is 0 Å². The molecule has 0 aliphatic carbocycles. The van der Waals surface area contributed by atoms with Crippen molar-refractivity contribution in [2.75, 3.05) is 13.1 Å². The number of hydrogen-bond donors (Lipinski definition) is 0. The average Bonchev–Trinajstić information content (AvgIpc) is 2.31. The summed E-state index contributed by atoms with van der Waals surface area (Å²) >= 11 is 0. The van der Waals surface area contributed by atoms with E-state index in [-0.39, 0.29) is 0 Å². The highest BCUT2D eigenvalue weighted by Gasteiger charge is 2.18. The van der Waals surface area contributed by atoms with Crippen molar-refractivity contribution in [3.05, 3.63) is 35.9 Å². The molecule has 1 aromatic carbocycles. The van der Waals surface area contributed by atoms with Crippen molar-refractivity contribution >= 4 is 0 Å². The number of nitriles is 1. The number of benzene rings is 1. The first-order valence-corrected chi connectivity index (χ1v) is 5.57. The van der Waals surface area contributed by atoms with Crippen molar-refractivity contribution in [2.24, 2.45) is 5.92 Å². The molecule has 0 spiro atoms. The molecule has 1 aliphatic rings. The fourth-order valence-electron chi connectivity index (χ4n) is 2.18. The van der Waals surface area contributed by atoms with Crippen LogP contribution in [0.5, 0.6) is 0 Å². The summed E-state index contributed by atoms with van der Waals surface area (Å²) in [5, 5.41) is 8.74. The molecular weight excluding hydrogens is 184 g/mol. The zero-order valence-corrected chi connectivity index (χ0v) is 8.89. The third-order valence-corrected chi connectivity index (χ3v) is 3.12. The first-order chi connectivity index (χ1) is 7.38. The topological polar surface area (TPSA) is 27.0 Å². The van der Waals surface area contributed by atoms with Gasteiger partial charge in [-0.1, -0.05) is 30.3 Å². The maximum Gasteiger partial charge on any atom is 0.179 e. The second-order valence-electron chi connectivity index (χ2n) is 4.22. The highest BCUT2D eigenvalue weighted by molar-refractivity contribution is 5.15. The van der Waals surface area contributed by atoms with E-state index in [1.54, 1.807) is 0 Å². The predicted molar refractivity (Wildman–Crippen MR) is 60.1 cm³/mol. The average molecular weight is 200 g/mol. The lowest BCUT2D eigenvalue weighted by molar-refractivity contribution is 0.251. The third-order valence-electron chi connectivity index (χ3n) is 3.12. The Labute approximate surface area is 91.1 Å². The minimum Gasteiger partial charge on any atom is -0.311 e. The van der Waals surface area contributed by atoms with Crippen molar-refractivity contribution in [3.8, 4) is 6.19 Å². The lowest BCUT2D eigenvalue weighted by Gasteiger charge is -2.28. The van der Waals surface area contributed by atoms with Gasteiger partial charge in [0.2, 0.25) is 0 Å². The van der Waals surface area contributed by atoms with Gasteiger partial charge in [0.1, 0.15) is 0 Å². The zero-order valence-electron chi connectivity index (χ0n) is 8.89. The van der Waals surface area contributed by atoms with E-state index in [4.69, 9.17) is 5.26 Å². The van der Waals surface area contributed by atoms with Gasteiger partial charge in [-0.2, -0.15) is 5.26 Å². The molecule has 0 aromatic heterocycles. The second kappa shape index (κ2) is 4.84. The fourth-order valence-corrected chi connectivity index (χ4v) is 2.18. The lowest BCUT2D eigenvalue weighted by atomic mass is 9.90. The van der Waals surface area contributed by atoms with Crippen LogP contribution >= 0.6 is 0 Å². The number of piperidine rings is 1. The Bertz CT molecular complexity index is 331. The summed E-state index contributed by atoms with van der Waals surface area (Å²) in [5.41, 5.74) is 1.42. The molecule has 0 saturated carbocycles. The van der Waals surface area contributed by atoms with Gasteiger partial charge in [-0.3, -0.25) is 0 Å². The van der Waals surface area contributed by atoms with Crippen LogP contribution in [0.15, 0.2) is 30.3 Å². The van der Waals surface area contributed by atoms with E-state index in [0.717, 1.165) is 31.8 Å². The van der Waals surface area contributed by atoms with Gasteiger partial charge in [-0.05, 0) is 30.7 Å². The molecule has 1 aliphatic heterocycles. The van der Waals surface area contributed by atoms with Crippen LogP contribution in [0.4, 0.5) is 0 Å². The normalized spacial score (nSPS) is 17.4. The first-order valence-electron chi connectivity index (χ1n) is 5.57. The van der Waals surface area contributed by atoms with Crippen LogP contribution in [0, 0.1) is 17.4 Å². The number of rotatable bonds is 2. The fraction of sp³-hybridized carbons (Fsp3) is 0.462. The summed E-state index contributed by atoms with van der Waals surface area (Å²) in [6.07, 6.45) is 5.70. The molecule has 0 radical (unpaired) electrons. The van der Waals surface area contributed by atoms with E-state index in [1.807, 2.05) is 4.90 Å². The van der Waals surface area contributed by atoms with E-state index >= 15 is 0 Å². The Morgan fingerprint density at radius 3 is 2.47 bits per heavy atom. The zero-order chi connectivity index (χ0) is 10.5. The Hall–Kier alpha value is -1.49. The summed E-state index contributed by atoms with van der Waals surface area (Å²) < 4.78 is 0. The summed E-state index contributed by atoms with van der Waals surface area (Å²) in [6.45, 7) is 1.88. The van der Waals surface area contributed by atoms with Crippen LogP contribution in [0.2, 0.25) is 0 Å². The van der Waals surface area contributed by atoms with E-state index in [1.165, 1.54) is 12.0 Å². The number of hydrogen-bond acceptors (Lipinski definition) is 2. The van der Waals surface area contributed by atoms with Gasteiger partial charge < -0.3 is 4.90 Å². The van der Waals surface area contributed by atoms with Gasteiger partial charge in [0.25, 0.3) is 0 Å². The Morgan fingerprint density at radius 2 is 1.87 bits per heavy atom. The van der Waals surface area contributed by atoms with E-state index in [0.29, 0.717) is 0 Å². The molecule has 0 unspecified atom stereocenters. The van der Waals surface area contributed by atoms with Crippen molar-refractivity contribution in [2.45, 2.75) is 19.3 Å². The predicted octanol–water partition coefficient (Wildman–Crippen LogP) is 2.42. The largest absolute Gasteiger partial charge is 0.311 e. The molecule has 1 saturated heterocycles.